The highest BCUT2D eigenvalue weighted by molar-refractivity contribution is 7.88. The van der Waals surface area contributed by atoms with Crippen molar-refractivity contribution in [2.24, 2.45) is 11.8 Å². The van der Waals surface area contributed by atoms with Gasteiger partial charge in [-0.3, -0.25) is 4.31 Å². The first-order valence-electron chi connectivity index (χ1n) is 8.14. The summed E-state index contributed by atoms with van der Waals surface area (Å²) in [6.45, 7) is 4.23. The van der Waals surface area contributed by atoms with Crippen molar-refractivity contribution in [1.82, 2.24) is 4.31 Å². The quantitative estimate of drug-likeness (QED) is 0.690. The number of nitrogens with zero attached hydrogens (tertiary/aromatic N) is 1. The largest absolute Gasteiger partial charge is 0.462 e. The van der Waals surface area contributed by atoms with Crippen LogP contribution in [0.4, 0.5) is 0 Å². The van der Waals surface area contributed by atoms with Crippen LogP contribution in [0, 0.1) is 11.8 Å². The van der Waals surface area contributed by atoms with Crippen molar-refractivity contribution in [2.45, 2.75) is 26.7 Å². The highest BCUT2D eigenvalue weighted by atomic mass is 32.2. The molecule has 2 rings (SSSR count). The molecule has 2 aliphatic carbocycles. The molecule has 2 atom stereocenters. The number of hydrogen-bond acceptors (Lipinski definition) is 4. The van der Waals surface area contributed by atoms with Gasteiger partial charge in [0.15, 0.2) is 0 Å². The molecule has 5 nitrogen and oxygen atoms in total. The van der Waals surface area contributed by atoms with Crippen LogP contribution in [0.3, 0.4) is 0 Å². The lowest BCUT2D eigenvalue weighted by Crippen LogP contribution is -2.24. The standard InChI is InChI=1S/C18H25NO4S/c1-5-23-18(20)16-9-7-14(6-8-15-10-13(15)2)11-17(12-16)19(3)24(4,21)22/h6,8-9,11-13,15H,5,7,10H2,1-4H3/b8-6-. The third kappa shape index (κ3) is 4.84. The normalized spacial score (nSPS) is 23.9. The van der Waals surface area contributed by atoms with Crippen molar-refractivity contribution >= 4 is 16.0 Å². The van der Waals surface area contributed by atoms with E-state index < -0.39 is 16.0 Å². The molecule has 0 spiro atoms. The second-order valence-corrected chi connectivity index (χ2v) is 8.35. The Balaban J connectivity index is 2.32. The summed E-state index contributed by atoms with van der Waals surface area (Å²) in [4.78, 5) is 12.1. The molecular formula is C18H25NO4S. The Morgan fingerprint density at radius 3 is 2.62 bits per heavy atom. The van der Waals surface area contributed by atoms with E-state index >= 15 is 0 Å². The number of carbonyl (C=O) groups is 1. The minimum atomic E-state index is -3.41. The lowest BCUT2D eigenvalue weighted by molar-refractivity contribution is -0.138. The number of ether oxygens (including phenoxy) is 1. The Kier molecular flexibility index (Phi) is 5.70. The molecule has 132 valence electrons. The zero-order valence-corrected chi connectivity index (χ0v) is 15.5. The van der Waals surface area contributed by atoms with Gasteiger partial charge in [-0.15, -0.1) is 0 Å². The monoisotopic (exact) mass is 351 g/mol. The van der Waals surface area contributed by atoms with Crippen LogP contribution >= 0.6 is 0 Å². The molecule has 0 N–H and O–H groups in total. The van der Waals surface area contributed by atoms with Crippen LogP contribution in [0.2, 0.25) is 0 Å². The average Bonchev–Trinajstić information content (AvgIpc) is 3.24. The van der Waals surface area contributed by atoms with E-state index in [4.69, 9.17) is 4.74 Å². The third-order valence-electron chi connectivity index (χ3n) is 4.30. The SMILES string of the molecule is CCOC(=O)C1=CCC(/C=C\C2CC2C)=CC(N(C)S(C)(=O)=O)=C1. The van der Waals surface area contributed by atoms with E-state index in [1.165, 1.54) is 17.8 Å². The van der Waals surface area contributed by atoms with Gasteiger partial charge < -0.3 is 4.74 Å². The van der Waals surface area contributed by atoms with Gasteiger partial charge >= 0.3 is 5.97 Å². The lowest BCUT2D eigenvalue weighted by Gasteiger charge is -2.18. The fraction of sp³-hybridized carbons (Fsp3) is 0.500. The molecule has 0 aromatic carbocycles. The van der Waals surface area contributed by atoms with Gasteiger partial charge in [0, 0.05) is 7.05 Å². The van der Waals surface area contributed by atoms with E-state index in [1.807, 2.05) is 12.2 Å². The molecule has 1 fully saturated rings. The Morgan fingerprint density at radius 2 is 2.08 bits per heavy atom. The number of hydrogen-bond donors (Lipinski definition) is 0. The molecule has 0 radical (unpaired) electrons. The molecule has 0 bridgehead atoms. The van der Waals surface area contributed by atoms with Crippen LogP contribution in [0.15, 0.2) is 47.2 Å². The maximum absolute atomic E-state index is 12.1. The summed E-state index contributed by atoms with van der Waals surface area (Å²) in [6, 6.07) is 0. The molecule has 0 aliphatic heterocycles. The summed E-state index contributed by atoms with van der Waals surface area (Å²) in [6.07, 6.45) is 12.3. The van der Waals surface area contributed by atoms with Crippen molar-refractivity contribution < 1.29 is 17.9 Å². The van der Waals surface area contributed by atoms with Gasteiger partial charge in [-0.1, -0.05) is 25.2 Å². The lowest BCUT2D eigenvalue weighted by atomic mass is 10.1. The molecule has 0 amide bonds. The van der Waals surface area contributed by atoms with E-state index in [-0.39, 0.29) is 6.61 Å². The predicted molar refractivity (Wildman–Crippen MR) is 94.5 cm³/mol. The molecule has 24 heavy (non-hydrogen) atoms. The minimum absolute atomic E-state index is 0.279. The molecule has 1 saturated carbocycles. The number of esters is 1. The Morgan fingerprint density at radius 1 is 1.42 bits per heavy atom. The summed E-state index contributed by atoms with van der Waals surface area (Å²) >= 11 is 0. The molecule has 0 heterocycles. The second-order valence-electron chi connectivity index (χ2n) is 6.34. The van der Waals surface area contributed by atoms with Crippen molar-refractivity contribution in [3.63, 3.8) is 0 Å². The molecule has 0 aromatic rings. The Labute approximate surface area is 144 Å². The van der Waals surface area contributed by atoms with Crippen LogP contribution in [0.1, 0.15) is 26.7 Å². The van der Waals surface area contributed by atoms with Crippen LogP contribution < -0.4 is 0 Å². The van der Waals surface area contributed by atoms with Crippen LogP contribution in [-0.2, 0) is 19.6 Å². The van der Waals surface area contributed by atoms with Gasteiger partial charge in [0.25, 0.3) is 0 Å². The number of allylic oxidation sites excluding steroid dienone is 5. The maximum Gasteiger partial charge on any atom is 0.337 e. The van der Waals surface area contributed by atoms with Gasteiger partial charge in [0.2, 0.25) is 10.0 Å². The summed E-state index contributed by atoms with van der Waals surface area (Å²) < 4.78 is 30.0. The van der Waals surface area contributed by atoms with Crippen molar-refractivity contribution in [3.05, 3.63) is 47.2 Å². The third-order valence-corrected chi connectivity index (χ3v) is 5.50. The summed E-state index contributed by atoms with van der Waals surface area (Å²) in [5.41, 5.74) is 1.80. The molecule has 2 aliphatic rings. The van der Waals surface area contributed by atoms with Gasteiger partial charge in [0.1, 0.15) is 0 Å². The first-order chi connectivity index (χ1) is 11.2. The second kappa shape index (κ2) is 7.38. The van der Waals surface area contributed by atoms with Gasteiger partial charge in [-0.25, -0.2) is 13.2 Å². The smallest absolute Gasteiger partial charge is 0.337 e. The van der Waals surface area contributed by atoms with E-state index in [0.29, 0.717) is 29.5 Å². The fourth-order valence-corrected chi connectivity index (χ4v) is 2.94. The number of sulfonamides is 1. The number of rotatable bonds is 6. The summed E-state index contributed by atoms with van der Waals surface area (Å²) in [7, 11) is -1.93. The van der Waals surface area contributed by atoms with Gasteiger partial charge in [0.05, 0.1) is 24.1 Å². The average molecular weight is 351 g/mol. The molecule has 0 aromatic heterocycles. The first-order valence-corrected chi connectivity index (χ1v) is 9.99. The zero-order valence-electron chi connectivity index (χ0n) is 14.7. The van der Waals surface area contributed by atoms with Crippen molar-refractivity contribution in [2.75, 3.05) is 19.9 Å². The highest BCUT2D eigenvalue weighted by Gasteiger charge is 2.29. The van der Waals surface area contributed by atoms with E-state index in [0.717, 1.165) is 11.8 Å². The predicted octanol–water partition coefficient (Wildman–Crippen LogP) is 2.79. The van der Waals surface area contributed by atoms with E-state index in [2.05, 4.69) is 13.0 Å². The first kappa shape index (κ1) is 18.5. The number of carbonyl (C=O) groups excluding carboxylic acids is 1. The van der Waals surface area contributed by atoms with E-state index in [9.17, 15) is 13.2 Å². The topological polar surface area (TPSA) is 63.7 Å². The van der Waals surface area contributed by atoms with Gasteiger partial charge in [-0.05, 0) is 49.3 Å². The molecule has 6 heteroatoms. The number of likely N-dealkylation sites (N-methyl/N-ethyl adjacent to an activating group) is 1. The Bertz CT molecular complexity index is 728. The highest BCUT2D eigenvalue weighted by Crippen LogP contribution is 2.39. The minimum Gasteiger partial charge on any atom is -0.462 e. The summed E-state index contributed by atoms with van der Waals surface area (Å²) in [5.74, 6) is 0.876. The Hall–Kier alpha value is -1.82. The maximum atomic E-state index is 12.1. The van der Waals surface area contributed by atoms with E-state index in [1.54, 1.807) is 19.1 Å². The summed E-state index contributed by atoms with van der Waals surface area (Å²) in [5, 5.41) is 0. The van der Waals surface area contributed by atoms with Crippen molar-refractivity contribution in [3.8, 4) is 0 Å². The van der Waals surface area contributed by atoms with Crippen LogP contribution in [-0.4, -0.2) is 38.6 Å². The van der Waals surface area contributed by atoms with Crippen LogP contribution in [0.25, 0.3) is 0 Å². The van der Waals surface area contributed by atoms with Gasteiger partial charge in [-0.2, -0.15) is 0 Å². The van der Waals surface area contributed by atoms with Crippen LogP contribution in [0.5, 0.6) is 0 Å². The molecule has 2 unspecified atom stereocenters. The van der Waals surface area contributed by atoms with Crippen molar-refractivity contribution in [1.29, 1.82) is 0 Å². The zero-order chi connectivity index (χ0) is 17.9. The molecule has 0 saturated heterocycles. The molecular weight excluding hydrogens is 326 g/mol. The fourth-order valence-electron chi connectivity index (χ4n) is 2.45.